The molecule has 0 saturated heterocycles. The molecule has 4 nitrogen and oxygen atoms in total. The Labute approximate surface area is 104 Å². The number of nitrogens with zero attached hydrogens (tertiary/aromatic N) is 1. The molecule has 0 aromatic carbocycles. The largest absolute Gasteiger partial charge is 0.372 e. The van der Waals surface area contributed by atoms with Gasteiger partial charge in [0.2, 0.25) is 11.1 Å². The Kier molecular flexibility index (Phi) is 6.98. The van der Waals surface area contributed by atoms with Crippen molar-refractivity contribution in [3.63, 3.8) is 0 Å². The van der Waals surface area contributed by atoms with Crippen molar-refractivity contribution in [1.82, 2.24) is 4.98 Å². The molecule has 0 aliphatic carbocycles. The van der Waals surface area contributed by atoms with Gasteiger partial charge in [-0.3, -0.25) is 4.18 Å². The Morgan fingerprint density at radius 2 is 1.94 bits per heavy atom. The number of ether oxygens (including phenoxy) is 1. The van der Waals surface area contributed by atoms with Gasteiger partial charge in [0.1, 0.15) is 14.8 Å². The second kappa shape index (κ2) is 7.11. The fourth-order valence-electron chi connectivity index (χ4n) is 0.784. The van der Waals surface area contributed by atoms with Crippen molar-refractivity contribution in [2.75, 3.05) is 14.2 Å². The van der Waals surface area contributed by atoms with Crippen LogP contribution in [-0.4, -0.2) is 23.4 Å². The molecule has 0 bridgehead atoms. The second-order valence-corrected chi connectivity index (χ2v) is 5.63. The third-order valence-electron chi connectivity index (χ3n) is 1.83. The summed E-state index contributed by atoms with van der Waals surface area (Å²) in [7, 11) is 3.02. The maximum Gasteiger partial charge on any atom is 0.200 e. The van der Waals surface area contributed by atoms with Gasteiger partial charge in [-0.25, -0.2) is 9.19 Å². The predicted octanol–water partition coefficient (Wildman–Crippen LogP) is 2.72. The van der Waals surface area contributed by atoms with E-state index in [4.69, 9.17) is 8.92 Å². The molecular weight excluding hydrogens is 246 g/mol. The average Bonchev–Trinajstić information content (AvgIpc) is 2.80. The summed E-state index contributed by atoms with van der Waals surface area (Å²) in [6.45, 7) is 7.82. The fraction of sp³-hybridized carbons (Fsp3) is 0.700. The van der Waals surface area contributed by atoms with E-state index in [1.54, 1.807) is 13.3 Å². The highest BCUT2D eigenvalue weighted by molar-refractivity contribution is 7.82. The zero-order valence-electron chi connectivity index (χ0n) is 10.6. The van der Waals surface area contributed by atoms with E-state index in [-0.39, 0.29) is 0 Å². The Morgan fingerprint density at radius 3 is 2.38 bits per heavy atom. The molecule has 0 saturated carbocycles. The third kappa shape index (κ3) is 3.93. The number of aromatic nitrogens is 1. The van der Waals surface area contributed by atoms with Crippen LogP contribution in [0.25, 0.3) is 0 Å². The normalized spacial score (nSPS) is 12.9. The number of hydrogen-bond acceptors (Lipinski definition) is 5. The van der Waals surface area contributed by atoms with Gasteiger partial charge in [0.05, 0.1) is 13.3 Å². The van der Waals surface area contributed by atoms with E-state index >= 15 is 0 Å². The van der Waals surface area contributed by atoms with Crippen LogP contribution in [0.1, 0.15) is 32.7 Å². The summed E-state index contributed by atoms with van der Waals surface area (Å²) >= 11 is -0.0701. The monoisotopic (exact) mass is 265 g/mol. The van der Waals surface area contributed by atoms with Crippen LogP contribution < -0.4 is 0 Å². The molecule has 1 heterocycles. The number of thiazole rings is 1. The summed E-state index contributed by atoms with van der Waals surface area (Å²) in [4.78, 5) is 4.15. The van der Waals surface area contributed by atoms with E-state index in [0.29, 0.717) is 4.21 Å². The number of rotatable bonds is 4. The van der Waals surface area contributed by atoms with Crippen LogP contribution in [0.15, 0.2) is 10.4 Å². The molecule has 0 spiro atoms. The minimum Gasteiger partial charge on any atom is -0.372 e. The van der Waals surface area contributed by atoms with Crippen LogP contribution in [0.3, 0.4) is 0 Å². The highest BCUT2D eigenvalue weighted by Gasteiger charge is 2.24. The van der Waals surface area contributed by atoms with Gasteiger partial charge in [-0.15, -0.1) is 11.3 Å². The average molecular weight is 265 g/mol. The molecule has 1 aromatic heterocycles. The lowest BCUT2D eigenvalue weighted by Crippen LogP contribution is -2.18. The molecule has 94 valence electrons. The molecule has 16 heavy (non-hydrogen) atoms. The van der Waals surface area contributed by atoms with Gasteiger partial charge in [-0.05, 0) is 13.8 Å². The van der Waals surface area contributed by atoms with Crippen LogP contribution in [0.5, 0.6) is 0 Å². The fourth-order valence-corrected chi connectivity index (χ4v) is 2.53. The Bertz CT molecular complexity index is 337. The molecular formula is C10H19NO3S2. The molecule has 0 N–H and O–H groups in total. The van der Waals surface area contributed by atoms with Crippen LogP contribution in [0, 0.1) is 0 Å². The molecule has 0 aliphatic heterocycles. The quantitative estimate of drug-likeness (QED) is 0.840. The predicted molar refractivity (Wildman–Crippen MR) is 66.9 cm³/mol. The lowest BCUT2D eigenvalue weighted by molar-refractivity contribution is 0.0190. The van der Waals surface area contributed by atoms with E-state index in [0.717, 1.165) is 5.01 Å². The first-order valence-corrected chi connectivity index (χ1v) is 6.88. The molecule has 0 radical (unpaired) electrons. The first-order chi connectivity index (χ1) is 7.51. The van der Waals surface area contributed by atoms with Crippen LogP contribution in [0.4, 0.5) is 0 Å². The topological polar surface area (TPSA) is 48.4 Å². The Morgan fingerprint density at radius 1 is 1.38 bits per heavy atom. The molecule has 0 amide bonds. The highest BCUT2D eigenvalue weighted by Crippen LogP contribution is 2.29. The van der Waals surface area contributed by atoms with E-state index in [2.05, 4.69) is 4.98 Å². The van der Waals surface area contributed by atoms with Crippen LogP contribution in [0.2, 0.25) is 0 Å². The van der Waals surface area contributed by atoms with Gasteiger partial charge in [0.25, 0.3) is 0 Å². The second-order valence-electron chi connectivity index (χ2n) is 3.10. The molecule has 1 rings (SSSR count). The Hall–Kier alpha value is -0.300. The molecule has 0 fully saturated rings. The summed E-state index contributed by atoms with van der Waals surface area (Å²) in [6.07, 6.45) is 1.56. The van der Waals surface area contributed by atoms with Crippen molar-refractivity contribution < 1.29 is 13.1 Å². The van der Waals surface area contributed by atoms with Crippen LogP contribution in [-0.2, 0) is 25.6 Å². The highest BCUT2D eigenvalue weighted by atomic mass is 32.2. The van der Waals surface area contributed by atoms with E-state index in [1.807, 2.05) is 27.7 Å². The minimum atomic E-state index is -1.41. The van der Waals surface area contributed by atoms with Gasteiger partial charge in [-0.2, -0.15) is 0 Å². The van der Waals surface area contributed by atoms with Gasteiger partial charge in [0, 0.05) is 7.11 Å². The summed E-state index contributed by atoms with van der Waals surface area (Å²) in [5, 5.41) is 0.792. The summed E-state index contributed by atoms with van der Waals surface area (Å²) < 4.78 is 21.8. The lowest BCUT2D eigenvalue weighted by atomic mass is 10.1. The lowest BCUT2D eigenvalue weighted by Gasteiger charge is -2.19. The van der Waals surface area contributed by atoms with Crippen molar-refractivity contribution in [1.29, 1.82) is 0 Å². The molecule has 1 aromatic rings. The summed E-state index contributed by atoms with van der Waals surface area (Å²) in [5.74, 6) is 0. The standard InChI is InChI=1S/C8H13NO3S2.C2H6/c1-8(2,11-3)7-9-5-6(13-7)14(10)12-4;1-2/h5H,1-4H3;1-2H3. The number of methoxy groups -OCH3 is 1. The molecule has 0 aliphatic rings. The molecule has 6 heteroatoms. The van der Waals surface area contributed by atoms with Gasteiger partial charge < -0.3 is 4.74 Å². The van der Waals surface area contributed by atoms with Crippen LogP contribution >= 0.6 is 11.3 Å². The SMILES string of the molecule is CC.COS(=O)c1cnc(C(C)(C)OC)s1. The van der Waals surface area contributed by atoms with Crippen molar-refractivity contribution >= 4 is 22.4 Å². The van der Waals surface area contributed by atoms with E-state index < -0.39 is 16.7 Å². The van der Waals surface area contributed by atoms with Crippen molar-refractivity contribution in [2.24, 2.45) is 0 Å². The smallest absolute Gasteiger partial charge is 0.200 e. The zero-order chi connectivity index (χ0) is 12.8. The van der Waals surface area contributed by atoms with Crippen molar-refractivity contribution in [3.05, 3.63) is 11.2 Å². The van der Waals surface area contributed by atoms with Crippen molar-refractivity contribution in [3.8, 4) is 0 Å². The molecule has 1 unspecified atom stereocenters. The molecule has 1 atom stereocenters. The first-order valence-electron chi connectivity index (χ1n) is 4.99. The summed E-state index contributed by atoms with van der Waals surface area (Å²) in [5.41, 5.74) is -0.444. The van der Waals surface area contributed by atoms with E-state index in [9.17, 15) is 4.21 Å². The maximum atomic E-state index is 11.3. The number of hydrogen-bond donors (Lipinski definition) is 0. The summed E-state index contributed by atoms with van der Waals surface area (Å²) in [6, 6.07) is 0. The van der Waals surface area contributed by atoms with Crippen molar-refractivity contribution in [2.45, 2.75) is 37.5 Å². The first kappa shape index (κ1) is 15.7. The minimum absolute atomic E-state index is 0.444. The maximum absolute atomic E-state index is 11.3. The van der Waals surface area contributed by atoms with E-state index in [1.165, 1.54) is 18.4 Å². The Balaban J connectivity index is 0.00000106. The third-order valence-corrected chi connectivity index (χ3v) is 4.32. The van der Waals surface area contributed by atoms with Gasteiger partial charge in [0.15, 0.2) is 0 Å². The van der Waals surface area contributed by atoms with Gasteiger partial charge >= 0.3 is 0 Å². The zero-order valence-corrected chi connectivity index (χ0v) is 12.2. The van der Waals surface area contributed by atoms with Gasteiger partial charge in [-0.1, -0.05) is 13.8 Å².